The lowest BCUT2D eigenvalue weighted by atomic mass is 9.77. The lowest BCUT2D eigenvalue weighted by molar-refractivity contribution is 0.363. The van der Waals surface area contributed by atoms with Crippen molar-refractivity contribution in [2.45, 2.75) is 83.0 Å². The highest BCUT2D eigenvalue weighted by Crippen LogP contribution is 2.40. The van der Waals surface area contributed by atoms with E-state index in [0.29, 0.717) is 23.0 Å². The molecular formula is C25H34F2. The third-order valence-electron chi connectivity index (χ3n) is 6.73. The zero-order chi connectivity index (χ0) is 19.2. The number of unbranched alkanes of at least 4 members (excludes halogenated alkanes) is 2. The number of allylic oxidation sites excluding steroid dienone is 3. The van der Waals surface area contributed by atoms with E-state index >= 15 is 0 Å². The van der Waals surface area contributed by atoms with Crippen molar-refractivity contribution in [1.29, 1.82) is 0 Å². The average molecular weight is 373 g/mol. The van der Waals surface area contributed by atoms with Crippen molar-refractivity contribution in [2.24, 2.45) is 11.8 Å². The molecule has 0 radical (unpaired) electrons. The molecule has 0 nitrogen and oxygen atoms in total. The summed E-state index contributed by atoms with van der Waals surface area (Å²) in [7, 11) is 0. The second kappa shape index (κ2) is 9.66. The average Bonchev–Trinajstić information content (AvgIpc) is 2.71. The first-order valence-corrected chi connectivity index (χ1v) is 10.9. The second-order valence-electron chi connectivity index (χ2n) is 8.54. The van der Waals surface area contributed by atoms with E-state index in [1.807, 2.05) is 18.2 Å². The van der Waals surface area contributed by atoms with Crippen LogP contribution in [0, 0.1) is 23.5 Å². The lowest BCUT2D eigenvalue weighted by Gasteiger charge is -2.28. The summed E-state index contributed by atoms with van der Waals surface area (Å²) in [4.78, 5) is 0. The van der Waals surface area contributed by atoms with Crippen molar-refractivity contribution in [3.05, 3.63) is 59.7 Å². The largest absolute Gasteiger partial charge is 0.203 e. The first-order chi connectivity index (χ1) is 13.1. The molecule has 2 atom stereocenters. The first-order valence-electron chi connectivity index (χ1n) is 10.9. The molecule has 0 heterocycles. The maximum Gasteiger partial charge on any atom is 0.162 e. The molecule has 0 spiro atoms. The second-order valence-corrected chi connectivity index (χ2v) is 8.54. The summed E-state index contributed by atoms with van der Waals surface area (Å²) in [6.07, 6.45) is 17.3. The van der Waals surface area contributed by atoms with Crippen LogP contribution in [0.4, 0.5) is 8.78 Å². The van der Waals surface area contributed by atoms with Crippen LogP contribution in [0.25, 0.3) is 0 Å². The van der Waals surface area contributed by atoms with E-state index in [0.717, 1.165) is 38.5 Å². The lowest BCUT2D eigenvalue weighted by Crippen LogP contribution is -2.15. The molecule has 2 unspecified atom stereocenters. The van der Waals surface area contributed by atoms with Crippen LogP contribution < -0.4 is 0 Å². The number of rotatable bonds is 7. The summed E-state index contributed by atoms with van der Waals surface area (Å²) in [6, 6.07) is 3.70. The van der Waals surface area contributed by atoms with E-state index in [-0.39, 0.29) is 11.8 Å². The van der Waals surface area contributed by atoms with Crippen LogP contribution >= 0.6 is 0 Å². The van der Waals surface area contributed by atoms with Crippen molar-refractivity contribution in [3.63, 3.8) is 0 Å². The Labute approximate surface area is 163 Å². The van der Waals surface area contributed by atoms with Crippen molar-refractivity contribution in [1.82, 2.24) is 0 Å². The molecule has 0 bridgehead atoms. The van der Waals surface area contributed by atoms with Gasteiger partial charge in [0.15, 0.2) is 11.6 Å². The van der Waals surface area contributed by atoms with Crippen LogP contribution in [0.3, 0.4) is 0 Å². The predicted octanol–water partition coefficient (Wildman–Crippen LogP) is 8.05. The Kier molecular flexibility index (Phi) is 7.26. The topological polar surface area (TPSA) is 0 Å². The fraction of sp³-hybridized carbons (Fsp3) is 0.600. The maximum atomic E-state index is 14.9. The Bertz CT molecular complexity index is 653. The van der Waals surface area contributed by atoms with Crippen LogP contribution in [0.5, 0.6) is 0 Å². The van der Waals surface area contributed by atoms with Gasteiger partial charge in [0.2, 0.25) is 0 Å². The Balaban J connectivity index is 1.67. The molecule has 2 aliphatic rings. The van der Waals surface area contributed by atoms with E-state index in [9.17, 15) is 8.78 Å². The fourth-order valence-corrected chi connectivity index (χ4v) is 4.88. The van der Waals surface area contributed by atoms with Crippen molar-refractivity contribution in [3.8, 4) is 0 Å². The van der Waals surface area contributed by atoms with E-state index < -0.39 is 11.6 Å². The molecule has 0 saturated heterocycles. The summed E-state index contributed by atoms with van der Waals surface area (Å²) in [5, 5.41) is 0. The Morgan fingerprint density at radius 1 is 0.926 bits per heavy atom. The number of hydrogen-bond donors (Lipinski definition) is 0. The quantitative estimate of drug-likeness (QED) is 0.335. The molecule has 1 saturated carbocycles. The minimum absolute atomic E-state index is 0.0208. The van der Waals surface area contributed by atoms with Crippen LogP contribution in [0.2, 0.25) is 0 Å². The third-order valence-corrected chi connectivity index (χ3v) is 6.73. The van der Waals surface area contributed by atoms with Crippen molar-refractivity contribution in [2.75, 3.05) is 0 Å². The first kappa shape index (κ1) is 20.3. The molecule has 1 fully saturated rings. The monoisotopic (exact) mass is 372 g/mol. The highest BCUT2D eigenvalue weighted by Gasteiger charge is 2.27. The zero-order valence-electron chi connectivity index (χ0n) is 16.7. The molecule has 3 rings (SSSR count). The molecule has 1 aromatic rings. The summed E-state index contributed by atoms with van der Waals surface area (Å²) in [6.45, 7) is 6.08. The van der Waals surface area contributed by atoms with Gasteiger partial charge in [0.05, 0.1) is 0 Å². The molecular weight excluding hydrogens is 338 g/mol. The molecule has 2 heteroatoms. The zero-order valence-corrected chi connectivity index (χ0v) is 16.7. The molecule has 0 N–H and O–H groups in total. The van der Waals surface area contributed by atoms with E-state index in [2.05, 4.69) is 25.7 Å². The van der Waals surface area contributed by atoms with Gasteiger partial charge < -0.3 is 0 Å². The Morgan fingerprint density at radius 3 is 2.26 bits per heavy atom. The highest BCUT2D eigenvalue weighted by atomic mass is 19.2. The maximum absolute atomic E-state index is 14.9. The molecule has 0 aromatic heterocycles. The van der Waals surface area contributed by atoms with Gasteiger partial charge >= 0.3 is 0 Å². The molecule has 27 heavy (non-hydrogen) atoms. The number of hydrogen-bond acceptors (Lipinski definition) is 0. The van der Waals surface area contributed by atoms with Crippen LogP contribution in [-0.4, -0.2) is 0 Å². The van der Waals surface area contributed by atoms with Crippen LogP contribution in [-0.2, 0) is 0 Å². The number of halogens is 2. The van der Waals surface area contributed by atoms with Crippen LogP contribution in [0.1, 0.15) is 94.1 Å². The van der Waals surface area contributed by atoms with Crippen LogP contribution in [0.15, 0.2) is 36.9 Å². The molecule has 148 valence electrons. The van der Waals surface area contributed by atoms with E-state index in [4.69, 9.17) is 0 Å². The molecule has 0 aliphatic heterocycles. The third kappa shape index (κ3) is 4.89. The van der Waals surface area contributed by atoms with Gasteiger partial charge in [-0.15, -0.1) is 6.58 Å². The van der Waals surface area contributed by atoms with Gasteiger partial charge in [-0.2, -0.15) is 0 Å². The van der Waals surface area contributed by atoms with Gasteiger partial charge in [-0.25, -0.2) is 8.78 Å². The van der Waals surface area contributed by atoms with Gasteiger partial charge in [0.25, 0.3) is 0 Å². The Morgan fingerprint density at radius 2 is 1.63 bits per heavy atom. The van der Waals surface area contributed by atoms with Gasteiger partial charge in [0, 0.05) is 5.92 Å². The summed E-state index contributed by atoms with van der Waals surface area (Å²) < 4.78 is 29.7. The normalized spacial score (nSPS) is 28.3. The van der Waals surface area contributed by atoms with E-state index in [1.165, 1.54) is 25.7 Å². The number of benzene rings is 1. The summed E-state index contributed by atoms with van der Waals surface area (Å²) in [5.74, 6) is 0.0960. The van der Waals surface area contributed by atoms with E-state index in [1.54, 1.807) is 0 Å². The van der Waals surface area contributed by atoms with Gasteiger partial charge in [-0.05, 0) is 73.8 Å². The predicted molar refractivity (Wildman–Crippen MR) is 110 cm³/mol. The molecule has 0 amide bonds. The fourth-order valence-electron chi connectivity index (χ4n) is 4.88. The molecule has 2 aliphatic carbocycles. The minimum atomic E-state index is -0.613. The smallest absolute Gasteiger partial charge is 0.162 e. The highest BCUT2D eigenvalue weighted by molar-refractivity contribution is 5.34. The van der Waals surface area contributed by atoms with Gasteiger partial charge in [-0.1, -0.05) is 56.5 Å². The van der Waals surface area contributed by atoms with Crippen molar-refractivity contribution >= 4 is 0 Å². The van der Waals surface area contributed by atoms with Crippen molar-refractivity contribution < 1.29 is 8.78 Å². The standard InChI is InChI=1S/C25H34F2/c1-3-5-6-7-19-10-14-21(15-11-19)23-17-16-22(24(26)25(23)27)20-12-8-18(4-2)9-13-20/h4,10,14,16-21H,2-3,5-9,11-13,15H2,1H3. The summed E-state index contributed by atoms with van der Waals surface area (Å²) >= 11 is 0. The SMILES string of the molecule is C=CC1CCC(c2ccc(C3C=CC(CCCCC)CC3)c(F)c2F)CC1. The van der Waals surface area contributed by atoms with Gasteiger partial charge in [0.1, 0.15) is 0 Å². The minimum Gasteiger partial charge on any atom is -0.203 e. The Hall–Kier alpha value is -1.44. The summed E-state index contributed by atoms with van der Waals surface area (Å²) in [5.41, 5.74) is 1.12. The van der Waals surface area contributed by atoms with Gasteiger partial charge in [-0.3, -0.25) is 0 Å². The molecule has 1 aromatic carbocycles.